The topological polar surface area (TPSA) is 72.0 Å². The molecule has 3 rings (SSSR count). The Labute approximate surface area is 190 Å². The lowest BCUT2D eigenvalue weighted by atomic mass is 10.1. The van der Waals surface area contributed by atoms with Crippen LogP contribution in [0.2, 0.25) is 5.15 Å². The largest absolute Gasteiger partial charge is 0.497 e. The van der Waals surface area contributed by atoms with Crippen LogP contribution in [0.25, 0.3) is 0 Å². The number of carbonyl (C=O) groups is 2. The van der Waals surface area contributed by atoms with Crippen molar-refractivity contribution in [2.24, 2.45) is 0 Å². The highest BCUT2D eigenvalue weighted by Gasteiger charge is 2.44. The fourth-order valence-electron chi connectivity index (χ4n) is 3.31. The number of hydrogen-bond acceptors (Lipinski definition) is 6. The number of ether oxygens (including phenoxy) is 2. The van der Waals surface area contributed by atoms with E-state index in [0.29, 0.717) is 16.4 Å². The number of amides is 2. The molecule has 0 bridgehead atoms. The van der Waals surface area contributed by atoms with Gasteiger partial charge < -0.3 is 14.4 Å². The maximum Gasteiger partial charge on any atom is 0.406 e. The Morgan fingerprint density at radius 1 is 1.34 bits per heavy atom. The smallest absolute Gasteiger partial charge is 0.406 e. The molecule has 0 saturated carbocycles. The molecule has 2 amide bonds. The molecule has 0 spiro atoms. The van der Waals surface area contributed by atoms with Crippen LogP contribution in [0, 0.1) is 12.3 Å². The van der Waals surface area contributed by atoms with E-state index in [1.807, 2.05) is 0 Å². The number of benzene rings is 1. The fraction of sp³-hybridized carbons (Fsp3) is 0.350. The van der Waals surface area contributed by atoms with Crippen LogP contribution in [-0.2, 0) is 4.79 Å². The van der Waals surface area contributed by atoms with Gasteiger partial charge in [0.2, 0.25) is 5.91 Å². The van der Waals surface area contributed by atoms with E-state index in [1.165, 1.54) is 26.4 Å². The number of rotatable bonds is 6. The van der Waals surface area contributed by atoms with E-state index in [9.17, 15) is 22.8 Å². The van der Waals surface area contributed by atoms with Gasteiger partial charge in [-0.2, -0.15) is 13.2 Å². The predicted molar refractivity (Wildman–Crippen MR) is 112 cm³/mol. The molecule has 2 aromatic rings. The molecule has 7 nitrogen and oxygen atoms in total. The Balaban J connectivity index is 2.08. The van der Waals surface area contributed by atoms with E-state index >= 15 is 0 Å². The Morgan fingerprint density at radius 3 is 2.47 bits per heavy atom. The summed E-state index contributed by atoms with van der Waals surface area (Å²) in [6, 6.07) is 3.29. The van der Waals surface area contributed by atoms with Gasteiger partial charge >= 0.3 is 6.18 Å². The number of terminal acetylenes is 1. The number of carbonyl (C=O) groups excluding carboxylic acids is 2. The van der Waals surface area contributed by atoms with Gasteiger partial charge in [-0.25, -0.2) is 4.98 Å². The summed E-state index contributed by atoms with van der Waals surface area (Å²) in [5, 5.41) is -0.0108. The quantitative estimate of drug-likeness (QED) is 0.582. The summed E-state index contributed by atoms with van der Waals surface area (Å²) in [4.78, 5) is 32.0. The van der Waals surface area contributed by atoms with E-state index in [0.717, 1.165) is 16.2 Å². The van der Waals surface area contributed by atoms with E-state index in [2.05, 4.69) is 10.9 Å². The number of halogens is 4. The van der Waals surface area contributed by atoms with Crippen LogP contribution in [0.5, 0.6) is 11.5 Å². The van der Waals surface area contributed by atoms with E-state index < -0.39 is 30.6 Å². The second-order valence-corrected chi connectivity index (χ2v) is 8.07. The van der Waals surface area contributed by atoms with Crippen molar-refractivity contribution in [2.45, 2.75) is 18.6 Å². The third kappa shape index (κ3) is 4.92. The van der Waals surface area contributed by atoms with Gasteiger partial charge in [-0.3, -0.25) is 14.5 Å². The molecule has 0 N–H and O–H groups in total. The van der Waals surface area contributed by atoms with Crippen LogP contribution in [0.3, 0.4) is 0 Å². The summed E-state index contributed by atoms with van der Waals surface area (Å²) in [6.07, 6.45) is 0.747. The second kappa shape index (κ2) is 9.26. The molecule has 1 saturated heterocycles. The van der Waals surface area contributed by atoms with Crippen molar-refractivity contribution in [3.05, 3.63) is 33.2 Å². The number of hydrogen-bond donors (Lipinski definition) is 0. The Morgan fingerprint density at radius 2 is 1.97 bits per heavy atom. The molecule has 2 heterocycles. The highest BCUT2D eigenvalue weighted by Crippen LogP contribution is 2.35. The minimum absolute atomic E-state index is 0.0153. The summed E-state index contributed by atoms with van der Waals surface area (Å²) < 4.78 is 49.2. The molecule has 1 atom stereocenters. The third-order valence-corrected chi connectivity index (χ3v) is 6.05. The average molecular weight is 488 g/mol. The first-order valence-corrected chi connectivity index (χ1v) is 10.3. The Bertz CT molecular complexity index is 1060. The average Bonchev–Trinajstić information content (AvgIpc) is 3.29. The lowest BCUT2D eigenvalue weighted by molar-refractivity contribution is -0.157. The molecule has 0 radical (unpaired) electrons. The summed E-state index contributed by atoms with van der Waals surface area (Å²) >= 11 is 6.93. The number of nitrogens with zero attached hydrogens (tertiary/aromatic N) is 3. The van der Waals surface area contributed by atoms with Crippen molar-refractivity contribution in [3.63, 3.8) is 0 Å². The normalized spacial score (nSPS) is 16.1. The van der Waals surface area contributed by atoms with Crippen molar-refractivity contribution in [2.75, 3.05) is 32.2 Å². The maximum atomic E-state index is 13.5. The van der Waals surface area contributed by atoms with Gasteiger partial charge in [0, 0.05) is 24.7 Å². The van der Waals surface area contributed by atoms with Crippen molar-refractivity contribution in [1.82, 2.24) is 9.88 Å². The lowest BCUT2D eigenvalue weighted by Gasteiger charge is -2.28. The zero-order valence-corrected chi connectivity index (χ0v) is 18.5. The number of anilines is 1. The fourth-order valence-corrected chi connectivity index (χ4v) is 4.35. The molecule has 32 heavy (non-hydrogen) atoms. The van der Waals surface area contributed by atoms with Gasteiger partial charge in [0.1, 0.15) is 29.0 Å². The second-order valence-electron chi connectivity index (χ2n) is 6.71. The molecule has 12 heteroatoms. The standard InChI is InChI=1S/C20H17ClF3N3O4S/c1-4-15-25-17(21)16(32-15)19(29)27(11-7-12(30-2)9-13(8-11)31-3)14-5-6-26(18(14)28)10-20(22,23)24/h1,7-9,14H,5-6,10H2,2-3H3. The van der Waals surface area contributed by atoms with E-state index in [-0.39, 0.29) is 33.7 Å². The lowest BCUT2D eigenvalue weighted by Crippen LogP contribution is -2.47. The van der Waals surface area contributed by atoms with Crippen LogP contribution in [-0.4, -0.2) is 61.2 Å². The maximum absolute atomic E-state index is 13.5. The molecule has 170 valence electrons. The van der Waals surface area contributed by atoms with E-state index in [1.54, 1.807) is 6.07 Å². The number of likely N-dealkylation sites (tertiary alicyclic amines) is 1. The van der Waals surface area contributed by atoms with Crippen molar-refractivity contribution in [1.29, 1.82) is 0 Å². The van der Waals surface area contributed by atoms with E-state index in [4.69, 9.17) is 27.5 Å². The molecule has 1 aliphatic rings. The Hall–Kier alpha value is -2.97. The van der Waals surface area contributed by atoms with Gasteiger partial charge in [0.25, 0.3) is 5.91 Å². The van der Waals surface area contributed by atoms with Crippen LogP contribution in [0.4, 0.5) is 18.9 Å². The molecule has 1 fully saturated rings. The van der Waals surface area contributed by atoms with Crippen LogP contribution < -0.4 is 14.4 Å². The first kappa shape index (κ1) is 23.7. The zero-order valence-electron chi connectivity index (χ0n) is 16.9. The predicted octanol–water partition coefficient (Wildman–Crippen LogP) is 3.61. The first-order valence-electron chi connectivity index (χ1n) is 9.13. The van der Waals surface area contributed by atoms with Gasteiger partial charge in [0.05, 0.1) is 19.9 Å². The van der Waals surface area contributed by atoms with Crippen molar-refractivity contribution >= 4 is 40.4 Å². The minimum atomic E-state index is -4.57. The summed E-state index contributed by atoms with van der Waals surface area (Å²) in [7, 11) is 2.80. The first-order chi connectivity index (χ1) is 15.1. The van der Waals surface area contributed by atoms with Gasteiger partial charge in [-0.1, -0.05) is 22.9 Å². The molecule has 1 aromatic carbocycles. The summed E-state index contributed by atoms with van der Waals surface area (Å²) in [5.41, 5.74) is 0.185. The van der Waals surface area contributed by atoms with Crippen molar-refractivity contribution in [3.8, 4) is 23.8 Å². The number of methoxy groups -OCH3 is 2. The number of alkyl halides is 3. The highest BCUT2D eigenvalue weighted by molar-refractivity contribution is 7.14. The van der Waals surface area contributed by atoms with Gasteiger partial charge in [-0.05, 0) is 12.3 Å². The highest BCUT2D eigenvalue weighted by atomic mass is 35.5. The van der Waals surface area contributed by atoms with Crippen LogP contribution >= 0.6 is 22.9 Å². The monoisotopic (exact) mass is 487 g/mol. The molecule has 0 aliphatic carbocycles. The molecular weight excluding hydrogens is 471 g/mol. The Kier molecular flexibility index (Phi) is 6.85. The van der Waals surface area contributed by atoms with Crippen LogP contribution in [0.15, 0.2) is 18.2 Å². The van der Waals surface area contributed by atoms with Gasteiger partial charge in [0.15, 0.2) is 10.2 Å². The third-order valence-electron chi connectivity index (χ3n) is 4.69. The molecule has 1 aliphatic heterocycles. The van der Waals surface area contributed by atoms with Crippen molar-refractivity contribution < 1.29 is 32.2 Å². The molecule has 1 unspecified atom stereocenters. The summed E-state index contributed by atoms with van der Waals surface area (Å²) in [5.74, 6) is 1.35. The number of thiazole rings is 1. The SMILES string of the molecule is C#Cc1nc(Cl)c(C(=O)N(c2cc(OC)cc(OC)c2)C2CCN(CC(F)(F)F)C2=O)s1. The molecule has 1 aromatic heterocycles. The molecular formula is C20H17ClF3N3O4S. The number of aromatic nitrogens is 1. The van der Waals surface area contributed by atoms with Crippen LogP contribution in [0.1, 0.15) is 21.1 Å². The minimum Gasteiger partial charge on any atom is -0.497 e. The summed E-state index contributed by atoms with van der Waals surface area (Å²) in [6.45, 7) is -1.58. The van der Waals surface area contributed by atoms with Gasteiger partial charge in [-0.15, -0.1) is 6.42 Å². The zero-order chi connectivity index (χ0) is 23.6.